The number of hydrogen-bond donors (Lipinski definition) is 1. The number of nitrogens with zero attached hydrogens (tertiary/aromatic N) is 3. The fourth-order valence-corrected chi connectivity index (χ4v) is 2.83. The number of carbonyl (C=O) groups excluding carboxylic acids is 1. The van der Waals surface area contributed by atoms with Gasteiger partial charge in [-0.3, -0.25) is 4.79 Å². The highest BCUT2D eigenvalue weighted by atomic mass is 16.2. The van der Waals surface area contributed by atoms with Crippen LogP contribution in [0.25, 0.3) is 5.65 Å². The van der Waals surface area contributed by atoms with Crippen molar-refractivity contribution in [3.8, 4) is 0 Å². The summed E-state index contributed by atoms with van der Waals surface area (Å²) in [4.78, 5) is 18.5. The van der Waals surface area contributed by atoms with Crippen molar-refractivity contribution in [1.29, 1.82) is 0 Å². The molecule has 3 heterocycles. The summed E-state index contributed by atoms with van der Waals surface area (Å²) < 4.78 is 1.97. The first-order chi connectivity index (χ1) is 9.20. The molecule has 1 fully saturated rings. The van der Waals surface area contributed by atoms with Gasteiger partial charge in [0.15, 0.2) is 0 Å². The van der Waals surface area contributed by atoms with Gasteiger partial charge in [0.05, 0.1) is 11.7 Å². The summed E-state index contributed by atoms with van der Waals surface area (Å²) in [5, 5.41) is 0. The maximum atomic E-state index is 12.0. The van der Waals surface area contributed by atoms with E-state index in [1.165, 1.54) is 0 Å². The first-order valence-corrected chi connectivity index (χ1v) is 6.69. The zero-order valence-electron chi connectivity index (χ0n) is 11.0. The summed E-state index contributed by atoms with van der Waals surface area (Å²) in [7, 11) is 0. The topological polar surface area (TPSA) is 63.6 Å². The molecule has 0 radical (unpaired) electrons. The molecular weight excluding hydrogens is 240 g/mol. The Labute approximate surface area is 112 Å². The van der Waals surface area contributed by atoms with E-state index in [2.05, 4.69) is 4.98 Å². The van der Waals surface area contributed by atoms with Crippen LogP contribution in [0.2, 0.25) is 0 Å². The molecule has 2 N–H and O–H groups in total. The number of carbonyl (C=O) groups is 1. The van der Waals surface area contributed by atoms with Gasteiger partial charge in [0.2, 0.25) is 5.91 Å². The zero-order valence-corrected chi connectivity index (χ0v) is 11.0. The van der Waals surface area contributed by atoms with Crippen molar-refractivity contribution in [2.24, 2.45) is 5.73 Å². The second-order valence-electron chi connectivity index (χ2n) is 4.96. The Morgan fingerprint density at radius 1 is 1.47 bits per heavy atom. The lowest BCUT2D eigenvalue weighted by Crippen LogP contribution is -2.48. The van der Waals surface area contributed by atoms with Gasteiger partial charge >= 0.3 is 0 Å². The van der Waals surface area contributed by atoms with Crippen LogP contribution in [0.1, 0.15) is 31.5 Å². The van der Waals surface area contributed by atoms with Gasteiger partial charge in [-0.2, -0.15) is 0 Å². The van der Waals surface area contributed by atoms with E-state index in [4.69, 9.17) is 5.73 Å². The largest absolute Gasteiger partial charge is 0.333 e. The first kappa shape index (κ1) is 12.2. The predicted molar refractivity (Wildman–Crippen MR) is 72.5 cm³/mol. The summed E-state index contributed by atoms with van der Waals surface area (Å²) in [5.74, 6) is 0.172. The molecule has 1 aliphatic heterocycles. The highest BCUT2D eigenvalue weighted by Gasteiger charge is 2.35. The Bertz CT molecular complexity index is 573. The third-order valence-corrected chi connectivity index (χ3v) is 3.78. The molecule has 2 unspecified atom stereocenters. The summed E-state index contributed by atoms with van der Waals surface area (Å²) in [6, 6.07) is 5.72. The number of likely N-dealkylation sites (tertiary alicyclic amines) is 1. The van der Waals surface area contributed by atoms with Gasteiger partial charge < -0.3 is 15.0 Å². The Morgan fingerprint density at radius 2 is 2.32 bits per heavy atom. The van der Waals surface area contributed by atoms with E-state index in [0.29, 0.717) is 13.0 Å². The van der Waals surface area contributed by atoms with Gasteiger partial charge in [-0.05, 0) is 25.5 Å². The normalized spacial score (nSPS) is 24.1. The van der Waals surface area contributed by atoms with Crippen LogP contribution in [-0.2, 0) is 4.79 Å². The number of piperidine rings is 1. The van der Waals surface area contributed by atoms with Crippen molar-refractivity contribution in [3.63, 3.8) is 0 Å². The van der Waals surface area contributed by atoms with Gasteiger partial charge in [-0.1, -0.05) is 6.07 Å². The average Bonchev–Trinajstić information content (AvgIpc) is 2.84. The number of hydrogen-bond acceptors (Lipinski definition) is 3. The molecule has 0 saturated carbocycles. The van der Waals surface area contributed by atoms with E-state index in [1.54, 1.807) is 0 Å². The molecule has 0 aliphatic carbocycles. The van der Waals surface area contributed by atoms with Crippen LogP contribution in [0.15, 0.2) is 30.6 Å². The maximum Gasteiger partial charge on any atom is 0.223 e. The molecule has 1 aliphatic rings. The Kier molecular flexibility index (Phi) is 2.98. The second-order valence-corrected chi connectivity index (χ2v) is 4.96. The van der Waals surface area contributed by atoms with E-state index in [0.717, 1.165) is 17.8 Å². The summed E-state index contributed by atoms with van der Waals surface area (Å²) in [6.07, 6.45) is 5.20. The van der Waals surface area contributed by atoms with Gasteiger partial charge in [0.25, 0.3) is 0 Å². The van der Waals surface area contributed by atoms with Crippen molar-refractivity contribution in [2.45, 2.75) is 31.8 Å². The van der Waals surface area contributed by atoms with E-state index in [1.807, 2.05) is 46.8 Å². The summed E-state index contributed by atoms with van der Waals surface area (Å²) in [6.45, 7) is 2.66. The fraction of sp³-hybridized carbons (Fsp3) is 0.429. The van der Waals surface area contributed by atoms with Crippen LogP contribution in [0.5, 0.6) is 0 Å². The quantitative estimate of drug-likeness (QED) is 0.884. The molecule has 1 saturated heterocycles. The number of amides is 1. The molecule has 0 aromatic carbocycles. The van der Waals surface area contributed by atoms with Crippen molar-refractivity contribution >= 4 is 11.6 Å². The average molecular weight is 258 g/mol. The monoisotopic (exact) mass is 258 g/mol. The third-order valence-electron chi connectivity index (χ3n) is 3.78. The lowest BCUT2D eigenvalue weighted by atomic mass is 9.94. The number of likely N-dealkylation sites (N-methyl/N-ethyl adjacent to an activating group) is 1. The molecule has 5 nitrogen and oxygen atoms in total. The molecule has 2 atom stereocenters. The molecule has 0 spiro atoms. The predicted octanol–water partition coefficient (Wildman–Crippen LogP) is 1.34. The minimum Gasteiger partial charge on any atom is -0.333 e. The zero-order chi connectivity index (χ0) is 13.4. The Morgan fingerprint density at radius 3 is 3.05 bits per heavy atom. The van der Waals surface area contributed by atoms with E-state index in [9.17, 15) is 4.79 Å². The lowest BCUT2D eigenvalue weighted by molar-refractivity contribution is -0.137. The summed E-state index contributed by atoms with van der Waals surface area (Å²) in [5.41, 5.74) is 7.99. The number of pyridine rings is 1. The third kappa shape index (κ3) is 2.00. The molecule has 3 rings (SSSR count). The molecule has 5 heteroatoms. The smallest absolute Gasteiger partial charge is 0.223 e. The highest BCUT2D eigenvalue weighted by Crippen LogP contribution is 2.30. The van der Waals surface area contributed by atoms with Gasteiger partial charge in [-0.15, -0.1) is 0 Å². The number of rotatable bonds is 2. The Hall–Kier alpha value is -1.88. The standard InChI is InChI=1S/C14H18N4O/c1-2-18-13(19)7-6-10(15)14(18)11-9-17-8-4-3-5-12(17)16-11/h3-5,8-10,14H,2,6-7,15H2,1H3. The number of fused-ring (bicyclic) bond motifs is 1. The van der Waals surface area contributed by atoms with Crippen molar-refractivity contribution in [2.75, 3.05) is 6.54 Å². The first-order valence-electron chi connectivity index (χ1n) is 6.69. The van der Waals surface area contributed by atoms with Crippen LogP contribution in [0, 0.1) is 0 Å². The van der Waals surface area contributed by atoms with Gasteiger partial charge in [0.1, 0.15) is 5.65 Å². The second kappa shape index (κ2) is 4.66. The van der Waals surface area contributed by atoms with Crippen LogP contribution < -0.4 is 5.73 Å². The Balaban J connectivity index is 2.04. The van der Waals surface area contributed by atoms with E-state index >= 15 is 0 Å². The van der Waals surface area contributed by atoms with Crippen molar-refractivity contribution in [3.05, 3.63) is 36.3 Å². The minimum atomic E-state index is -0.105. The number of nitrogens with two attached hydrogens (primary N) is 1. The van der Waals surface area contributed by atoms with E-state index < -0.39 is 0 Å². The fourth-order valence-electron chi connectivity index (χ4n) is 2.83. The van der Waals surface area contributed by atoms with Crippen LogP contribution in [0.4, 0.5) is 0 Å². The van der Waals surface area contributed by atoms with Gasteiger partial charge in [-0.25, -0.2) is 4.98 Å². The molecule has 19 heavy (non-hydrogen) atoms. The lowest BCUT2D eigenvalue weighted by Gasteiger charge is -2.38. The molecule has 2 aromatic rings. The van der Waals surface area contributed by atoms with Crippen LogP contribution >= 0.6 is 0 Å². The summed E-state index contributed by atoms with van der Waals surface area (Å²) >= 11 is 0. The van der Waals surface area contributed by atoms with E-state index in [-0.39, 0.29) is 18.0 Å². The van der Waals surface area contributed by atoms with Crippen molar-refractivity contribution in [1.82, 2.24) is 14.3 Å². The molecule has 2 aromatic heterocycles. The van der Waals surface area contributed by atoms with Crippen LogP contribution in [-0.4, -0.2) is 32.8 Å². The van der Waals surface area contributed by atoms with Crippen LogP contribution in [0.3, 0.4) is 0 Å². The maximum absolute atomic E-state index is 12.0. The molecule has 0 bridgehead atoms. The number of aromatic nitrogens is 2. The molecule has 100 valence electrons. The minimum absolute atomic E-state index is 0.0393. The number of imidazole rings is 1. The van der Waals surface area contributed by atoms with Gasteiger partial charge in [0, 0.05) is 31.4 Å². The highest BCUT2D eigenvalue weighted by molar-refractivity contribution is 5.77. The SMILES string of the molecule is CCN1C(=O)CCC(N)C1c1cn2ccccc2n1. The van der Waals surface area contributed by atoms with Crippen molar-refractivity contribution < 1.29 is 4.79 Å². The molecular formula is C14H18N4O. The molecule has 1 amide bonds.